The van der Waals surface area contributed by atoms with Crippen LogP contribution in [-0.4, -0.2) is 41.0 Å². The first-order valence-electron chi connectivity index (χ1n) is 11.7. The number of nitrogens with one attached hydrogen (secondary N) is 3. The molecule has 0 radical (unpaired) electrons. The number of fused-ring (bicyclic) bond motifs is 2. The molecule has 0 unspecified atom stereocenters. The van der Waals surface area contributed by atoms with Crippen molar-refractivity contribution in [1.29, 1.82) is 0 Å². The number of aromatic nitrogens is 7. The highest BCUT2D eigenvalue weighted by Crippen LogP contribution is 2.34. The summed E-state index contributed by atoms with van der Waals surface area (Å²) in [5.74, 6) is -0.252. The number of anilines is 1. The van der Waals surface area contributed by atoms with Gasteiger partial charge in [-0.3, -0.25) is 24.8 Å². The molecule has 1 amide bonds. The minimum Gasteiger partial charge on any atom is -0.336 e. The number of nitrogens with zero attached hydrogens (tertiary/aromatic N) is 5. The molecule has 5 aromatic heterocycles. The number of amides is 1. The molecular weight excluding hydrogens is 471 g/mol. The predicted molar refractivity (Wildman–Crippen MR) is 139 cm³/mol. The number of aromatic amines is 2. The molecule has 0 aliphatic rings. The topological polar surface area (TPSA) is 125 Å². The van der Waals surface area contributed by atoms with Gasteiger partial charge in [0.2, 0.25) is 5.91 Å². The highest BCUT2D eigenvalue weighted by molar-refractivity contribution is 5.98. The van der Waals surface area contributed by atoms with Crippen molar-refractivity contribution < 1.29 is 9.18 Å². The largest absolute Gasteiger partial charge is 0.336 e. The Morgan fingerprint density at radius 2 is 1.84 bits per heavy atom. The smallest absolute Gasteiger partial charge is 0.226 e. The fourth-order valence-electron chi connectivity index (χ4n) is 4.14. The van der Waals surface area contributed by atoms with Crippen LogP contribution in [0.2, 0.25) is 0 Å². The van der Waals surface area contributed by atoms with E-state index in [-0.39, 0.29) is 11.8 Å². The molecule has 0 saturated carbocycles. The summed E-state index contributed by atoms with van der Waals surface area (Å²) in [5.41, 5.74) is 5.45. The van der Waals surface area contributed by atoms with E-state index < -0.39 is 5.82 Å². The minimum absolute atomic E-state index is 0.142. The zero-order chi connectivity index (χ0) is 25.5. The molecule has 1 aromatic carbocycles. The van der Waals surface area contributed by atoms with Crippen molar-refractivity contribution in [2.75, 3.05) is 5.32 Å². The summed E-state index contributed by atoms with van der Waals surface area (Å²) in [5, 5.41) is 10.8. The number of halogens is 1. The van der Waals surface area contributed by atoms with E-state index in [0.29, 0.717) is 50.4 Å². The van der Waals surface area contributed by atoms with Gasteiger partial charge in [-0.25, -0.2) is 9.37 Å². The molecule has 0 bridgehead atoms. The monoisotopic (exact) mass is 492 g/mol. The first-order valence-corrected chi connectivity index (χ1v) is 11.7. The zero-order valence-corrected chi connectivity index (χ0v) is 20.0. The lowest BCUT2D eigenvalue weighted by atomic mass is 10.0. The van der Waals surface area contributed by atoms with E-state index in [9.17, 15) is 4.79 Å². The summed E-state index contributed by atoms with van der Waals surface area (Å²) in [6.45, 7) is 3.60. The first kappa shape index (κ1) is 22.5. The third kappa shape index (κ3) is 4.08. The molecule has 6 aromatic rings. The van der Waals surface area contributed by atoms with Gasteiger partial charge in [0.25, 0.3) is 0 Å². The van der Waals surface area contributed by atoms with Gasteiger partial charge < -0.3 is 10.3 Å². The highest BCUT2D eigenvalue weighted by atomic mass is 19.1. The van der Waals surface area contributed by atoms with Crippen LogP contribution in [0.3, 0.4) is 0 Å². The quantitative estimate of drug-likeness (QED) is 0.298. The third-order valence-electron chi connectivity index (χ3n) is 6.05. The first-order chi connectivity index (χ1) is 18.0. The highest BCUT2D eigenvalue weighted by Gasteiger charge is 2.18. The van der Waals surface area contributed by atoms with Crippen molar-refractivity contribution in [3.8, 4) is 33.9 Å². The van der Waals surface area contributed by atoms with E-state index in [2.05, 4.69) is 35.5 Å². The number of H-pyrrole nitrogens is 2. The van der Waals surface area contributed by atoms with Gasteiger partial charge in [-0.2, -0.15) is 5.10 Å². The zero-order valence-electron chi connectivity index (χ0n) is 20.0. The number of imidazole rings is 1. The van der Waals surface area contributed by atoms with Gasteiger partial charge in [-0.05, 0) is 30.3 Å². The average Bonchev–Trinajstić information content (AvgIpc) is 3.52. The fourth-order valence-corrected chi connectivity index (χ4v) is 4.14. The Morgan fingerprint density at radius 3 is 2.65 bits per heavy atom. The molecule has 0 fully saturated rings. The van der Waals surface area contributed by atoms with Crippen molar-refractivity contribution >= 4 is 33.5 Å². The van der Waals surface area contributed by atoms with Gasteiger partial charge in [-0.1, -0.05) is 13.8 Å². The SMILES string of the molecule is CC(C)C(=O)Nc1cncc(-c2cc3c(-c4nc5c(-c6cccnc6)nccc5[nH]4)n[nH]c3cc2F)c1. The van der Waals surface area contributed by atoms with Crippen LogP contribution >= 0.6 is 0 Å². The van der Waals surface area contributed by atoms with Crippen molar-refractivity contribution in [2.45, 2.75) is 13.8 Å². The molecule has 182 valence electrons. The van der Waals surface area contributed by atoms with Crippen LogP contribution in [0.15, 0.2) is 67.4 Å². The lowest BCUT2D eigenvalue weighted by Crippen LogP contribution is -2.17. The Bertz CT molecular complexity index is 1770. The third-order valence-corrected chi connectivity index (χ3v) is 6.05. The molecule has 37 heavy (non-hydrogen) atoms. The molecule has 0 spiro atoms. The van der Waals surface area contributed by atoms with Crippen LogP contribution in [0.5, 0.6) is 0 Å². The number of hydrogen-bond acceptors (Lipinski definition) is 6. The van der Waals surface area contributed by atoms with E-state index in [0.717, 1.165) is 11.1 Å². The van der Waals surface area contributed by atoms with Crippen LogP contribution in [0.1, 0.15) is 13.8 Å². The average molecular weight is 493 g/mol. The van der Waals surface area contributed by atoms with Crippen LogP contribution in [0, 0.1) is 11.7 Å². The molecule has 0 aliphatic heterocycles. The second-order valence-corrected chi connectivity index (χ2v) is 8.94. The molecule has 0 saturated heterocycles. The predicted octanol–water partition coefficient (Wildman–Crippen LogP) is 5.36. The van der Waals surface area contributed by atoms with E-state index in [1.165, 1.54) is 12.3 Å². The van der Waals surface area contributed by atoms with Gasteiger partial charge in [0.05, 0.1) is 28.6 Å². The number of rotatable bonds is 5. The summed E-state index contributed by atoms with van der Waals surface area (Å²) >= 11 is 0. The van der Waals surface area contributed by atoms with Crippen LogP contribution in [0.4, 0.5) is 10.1 Å². The Kier molecular flexibility index (Phi) is 5.41. The van der Waals surface area contributed by atoms with Crippen LogP contribution < -0.4 is 5.32 Å². The summed E-state index contributed by atoms with van der Waals surface area (Å²) < 4.78 is 15.1. The molecule has 6 rings (SSSR count). The van der Waals surface area contributed by atoms with Crippen LogP contribution in [-0.2, 0) is 4.79 Å². The van der Waals surface area contributed by atoms with Crippen LogP contribution in [0.25, 0.3) is 55.8 Å². The number of pyridine rings is 3. The Hall–Kier alpha value is -4.99. The standard InChI is InChI=1S/C27H21FN8O/c1-14(2)27(37)32-17-8-16(12-30-13-17)18-9-19-22(10-20(18)28)35-36-24(19)26-33-21-5-7-31-23(25(21)34-26)15-4-3-6-29-11-15/h3-14H,1-2H3,(H,32,37)(H,33,34)(H,35,36). The molecule has 0 aliphatic carbocycles. The van der Waals surface area contributed by atoms with Crippen molar-refractivity contribution in [3.63, 3.8) is 0 Å². The van der Waals surface area contributed by atoms with Crippen molar-refractivity contribution in [1.82, 2.24) is 35.1 Å². The van der Waals surface area contributed by atoms with Gasteiger partial charge in [0.15, 0.2) is 5.82 Å². The van der Waals surface area contributed by atoms with Gasteiger partial charge in [-0.15, -0.1) is 0 Å². The van der Waals surface area contributed by atoms with Gasteiger partial charge in [0, 0.05) is 58.8 Å². The lowest BCUT2D eigenvalue weighted by Gasteiger charge is -2.09. The Morgan fingerprint density at radius 1 is 0.973 bits per heavy atom. The molecule has 10 heteroatoms. The summed E-state index contributed by atoms with van der Waals surface area (Å²) in [7, 11) is 0. The van der Waals surface area contributed by atoms with Gasteiger partial charge >= 0.3 is 0 Å². The Labute approximate surface area is 210 Å². The van der Waals surface area contributed by atoms with Gasteiger partial charge in [0.1, 0.15) is 17.0 Å². The summed E-state index contributed by atoms with van der Waals surface area (Å²) in [6.07, 6.45) is 8.24. The molecule has 9 nitrogen and oxygen atoms in total. The maximum absolute atomic E-state index is 15.1. The number of hydrogen-bond donors (Lipinski definition) is 3. The second kappa shape index (κ2) is 8.90. The second-order valence-electron chi connectivity index (χ2n) is 8.94. The molecule has 5 heterocycles. The minimum atomic E-state index is -0.440. The fraction of sp³-hybridized carbons (Fsp3) is 0.111. The Balaban J connectivity index is 1.44. The normalized spacial score (nSPS) is 11.5. The van der Waals surface area contributed by atoms with E-state index in [1.807, 2.05) is 18.2 Å². The van der Waals surface area contributed by atoms with Crippen molar-refractivity contribution in [3.05, 3.63) is 73.2 Å². The summed E-state index contributed by atoms with van der Waals surface area (Å²) in [6, 6.07) is 10.4. The molecule has 3 N–H and O–H groups in total. The maximum Gasteiger partial charge on any atom is 0.226 e. The number of carbonyl (C=O) groups is 1. The number of benzene rings is 1. The van der Waals surface area contributed by atoms with E-state index >= 15 is 4.39 Å². The number of carbonyl (C=O) groups excluding carboxylic acids is 1. The van der Waals surface area contributed by atoms with Crippen molar-refractivity contribution in [2.24, 2.45) is 5.92 Å². The van der Waals surface area contributed by atoms with E-state index in [4.69, 9.17) is 4.98 Å². The lowest BCUT2D eigenvalue weighted by molar-refractivity contribution is -0.118. The molecule has 0 atom stereocenters. The summed E-state index contributed by atoms with van der Waals surface area (Å²) in [4.78, 5) is 33.1. The maximum atomic E-state index is 15.1. The van der Waals surface area contributed by atoms with E-state index in [1.54, 1.807) is 50.8 Å². The molecular formula is C27H21FN8O.